The Kier molecular flexibility index (Phi) is 3.55. The zero-order valence-corrected chi connectivity index (χ0v) is 11.5. The van der Waals surface area contributed by atoms with Crippen LogP contribution in [0.5, 0.6) is 0 Å². The van der Waals surface area contributed by atoms with Crippen molar-refractivity contribution in [1.29, 1.82) is 0 Å². The van der Waals surface area contributed by atoms with Gasteiger partial charge in [-0.25, -0.2) is 0 Å². The third-order valence-corrected chi connectivity index (χ3v) is 3.73. The molecule has 2 heteroatoms. The Morgan fingerprint density at radius 2 is 1.94 bits per heavy atom. The van der Waals surface area contributed by atoms with Crippen LogP contribution in [0.1, 0.15) is 31.9 Å². The van der Waals surface area contributed by atoms with Crippen LogP contribution >= 0.6 is 0 Å². The highest BCUT2D eigenvalue weighted by molar-refractivity contribution is 5.21. The van der Waals surface area contributed by atoms with Crippen LogP contribution in [0, 0.1) is 6.92 Å². The summed E-state index contributed by atoms with van der Waals surface area (Å²) < 4.78 is 0. The van der Waals surface area contributed by atoms with Crippen LogP contribution in [0.2, 0.25) is 0 Å². The fraction of sp³-hybridized carbons (Fsp3) is 0.600. The highest BCUT2D eigenvalue weighted by atomic mass is 15.3. The van der Waals surface area contributed by atoms with Gasteiger partial charge in [-0.15, -0.1) is 0 Å². The molecule has 94 valence electrons. The van der Waals surface area contributed by atoms with Gasteiger partial charge in [0.05, 0.1) is 0 Å². The van der Waals surface area contributed by atoms with E-state index in [4.69, 9.17) is 0 Å². The third-order valence-electron chi connectivity index (χ3n) is 3.73. The summed E-state index contributed by atoms with van der Waals surface area (Å²) in [6.07, 6.45) is 0. The number of benzene rings is 1. The van der Waals surface area contributed by atoms with Crippen LogP contribution in [-0.2, 0) is 6.54 Å². The van der Waals surface area contributed by atoms with Crippen molar-refractivity contribution >= 4 is 0 Å². The molecule has 0 amide bonds. The maximum Gasteiger partial charge on any atom is 0.0281 e. The van der Waals surface area contributed by atoms with Crippen molar-refractivity contribution in [3.63, 3.8) is 0 Å². The van der Waals surface area contributed by atoms with Crippen LogP contribution in [0.4, 0.5) is 0 Å². The first-order valence-electron chi connectivity index (χ1n) is 6.51. The highest BCUT2D eigenvalue weighted by Crippen LogP contribution is 2.21. The summed E-state index contributed by atoms with van der Waals surface area (Å²) in [4.78, 5) is 2.58. The second-order valence-corrected chi connectivity index (χ2v) is 5.96. The first-order valence-corrected chi connectivity index (χ1v) is 6.51. The fourth-order valence-corrected chi connectivity index (χ4v) is 2.37. The van der Waals surface area contributed by atoms with Gasteiger partial charge in [0.15, 0.2) is 0 Å². The summed E-state index contributed by atoms with van der Waals surface area (Å²) in [5.41, 5.74) is 3.00. The van der Waals surface area contributed by atoms with Gasteiger partial charge in [-0.3, -0.25) is 4.90 Å². The van der Waals surface area contributed by atoms with E-state index < -0.39 is 0 Å². The van der Waals surface area contributed by atoms with Gasteiger partial charge in [0, 0.05) is 31.2 Å². The average Bonchev–Trinajstić information content (AvgIpc) is 2.27. The molecule has 1 heterocycles. The Morgan fingerprint density at radius 1 is 1.29 bits per heavy atom. The molecule has 0 radical (unpaired) electrons. The summed E-state index contributed by atoms with van der Waals surface area (Å²) in [5, 5.41) is 3.56. The largest absolute Gasteiger partial charge is 0.311 e. The molecule has 1 unspecified atom stereocenters. The first kappa shape index (κ1) is 12.6. The normalized spacial score (nSPS) is 24.8. The number of hydrogen-bond donors (Lipinski definition) is 1. The minimum absolute atomic E-state index is 0.247. The molecule has 1 atom stereocenters. The number of nitrogens with zero attached hydrogens (tertiary/aromatic N) is 1. The van der Waals surface area contributed by atoms with Crippen LogP contribution in [0.15, 0.2) is 24.3 Å². The maximum absolute atomic E-state index is 3.56. The van der Waals surface area contributed by atoms with Gasteiger partial charge in [-0.2, -0.15) is 0 Å². The maximum atomic E-state index is 3.56. The van der Waals surface area contributed by atoms with Crippen LogP contribution < -0.4 is 5.32 Å². The number of rotatable bonds is 2. The van der Waals surface area contributed by atoms with Crippen molar-refractivity contribution in [2.75, 3.05) is 13.1 Å². The zero-order valence-electron chi connectivity index (χ0n) is 11.5. The molecule has 1 aliphatic rings. The molecule has 17 heavy (non-hydrogen) atoms. The second-order valence-electron chi connectivity index (χ2n) is 5.96. The molecule has 0 saturated carbocycles. The quantitative estimate of drug-likeness (QED) is 0.843. The van der Waals surface area contributed by atoms with Gasteiger partial charge < -0.3 is 5.32 Å². The summed E-state index contributed by atoms with van der Waals surface area (Å²) in [7, 11) is 0. The monoisotopic (exact) mass is 232 g/mol. The Labute approximate surface area is 105 Å². The summed E-state index contributed by atoms with van der Waals surface area (Å²) in [6, 6.07) is 9.49. The van der Waals surface area contributed by atoms with Crippen LogP contribution in [0.25, 0.3) is 0 Å². The standard InChI is InChI=1S/C15H24N2/c1-12-5-7-14(8-6-12)10-17-9-13(2)16-11-15(17,3)4/h5-8,13,16H,9-11H2,1-4H3. The van der Waals surface area contributed by atoms with E-state index in [9.17, 15) is 0 Å². The van der Waals surface area contributed by atoms with E-state index in [2.05, 4.69) is 62.2 Å². The van der Waals surface area contributed by atoms with Gasteiger partial charge >= 0.3 is 0 Å². The highest BCUT2D eigenvalue weighted by Gasteiger charge is 2.31. The van der Waals surface area contributed by atoms with Crippen molar-refractivity contribution in [2.45, 2.75) is 45.8 Å². The van der Waals surface area contributed by atoms with Crippen LogP contribution in [-0.4, -0.2) is 29.6 Å². The Morgan fingerprint density at radius 3 is 2.59 bits per heavy atom. The molecular formula is C15H24N2. The number of aryl methyl sites for hydroxylation is 1. The molecule has 2 nitrogen and oxygen atoms in total. The SMILES string of the molecule is Cc1ccc(CN2CC(C)NCC2(C)C)cc1. The first-order chi connectivity index (χ1) is 7.97. The lowest BCUT2D eigenvalue weighted by molar-refractivity contribution is 0.0626. The van der Waals surface area contributed by atoms with Crippen molar-refractivity contribution in [3.8, 4) is 0 Å². The minimum Gasteiger partial charge on any atom is -0.311 e. The number of piperazine rings is 1. The summed E-state index contributed by atoms with van der Waals surface area (Å²) in [5.74, 6) is 0. The average molecular weight is 232 g/mol. The molecule has 0 aliphatic carbocycles. The van der Waals surface area contributed by atoms with Gasteiger partial charge in [0.25, 0.3) is 0 Å². The van der Waals surface area contributed by atoms with Crippen LogP contribution in [0.3, 0.4) is 0 Å². The zero-order chi connectivity index (χ0) is 12.5. The molecule has 0 bridgehead atoms. The smallest absolute Gasteiger partial charge is 0.0281 e. The van der Waals surface area contributed by atoms with Crippen molar-refractivity contribution in [3.05, 3.63) is 35.4 Å². The Bertz CT molecular complexity index is 367. The van der Waals surface area contributed by atoms with Crippen molar-refractivity contribution in [1.82, 2.24) is 10.2 Å². The molecule has 1 N–H and O–H groups in total. The van der Waals surface area contributed by atoms with Crippen molar-refractivity contribution < 1.29 is 0 Å². The lowest BCUT2D eigenvalue weighted by Gasteiger charge is -2.45. The van der Waals surface area contributed by atoms with E-state index in [1.807, 2.05) is 0 Å². The van der Waals surface area contributed by atoms with E-state index in [1.54, 1.807) is 0 Å². The van der Waals surface area contributed by atoms with E-state index in [1.165, 1.54) is 11.1 Å². The lowest BCUT2D eigenvalue weighted by Crippen LogP contribution is -2.60. The predicted octanol–water partition coefficient (Wildman–Crippen LogP) is 2.57. The molecular weight excluding hydrogens is 208 g/mol. The van der Waals surface area contributed by atoms with Gasteiger partial charge in [-0.05, 0) is 33.3 Å². The topological polar surface area (TPSA) is 15.3 Å². The Hall–Kier alpha value is -0.860. The lowest BCUT2D eigenvalue weighted by atomic mass is 9.97. The van der Waals surface area contributed by atoms with Crippen molar-refractivity contribution in [2.24, 2.45) is 0 Å². The van der Waals surface area contributed by atoms with Gasteiger partial charge in [-0.1, -0.05) is 29.8 Å². The molecule has 1 fully saturated rings. The Balaban J connectivity index is 2.08. The molecule has 1 aromatic carbocycles. The minimum atomic E-state index is 0.247. The van der Waals surface area contributed by atoms with Gasteiger partial charge in [0.2, 0.25) is 0 Å². The third kappa shape index (κ3) is 3.08. The van der Waals surface area contributed by atoms with E-state index in [0.717, 1.165) is 19.6 Å². The van der Waals surface area contributed by atoms with E-state index >= 15 is 0 Å². The molecule has 2 rings (SSSR count). The van der Waals surface area contributed by atoms with E-state index in [0.29, 0.717) is 6.04 Å². The van der Waals surface area contributed by atoms with E-state index in [-0.39, 0.29) is 5.54 Å². The fourth-order valence-electron chi connectivity index (χ4n) is 2.37. The second kappa shape index (κ2) is 4.79. The molecule has 1 saturated heterocycles. The molecule has 1 aliphatic heterocycles. The summed E-state index contributed by atoms with van der Waals surface area (Å²) in [6.45, 7) is 12.3. The molecule has 0 aromatic heterocycles. The summed E-state index contributed by atoms with van der Waals surface area (Å²) >= 11 is 0. The predicted molar refractivity (Wildman–Crippen MR) is 73.1 cm³/mol. The number of hydrogen-bond acceptors (Lipinski definition) is 2. The molecule has 1 aromatic rings. The molecule has 0 spiro atoms. The number of nitrogens with one attached hydrogen (secondary N) is 1. The van der Waals surface area contributed by atoms with Gasteiger partial charge in [0.1, 0.15) is 0 Å².